The molecule has 0 fully saturated rings. The Hall–Kier alpha value is -1.13. The van der Waals surface area contributed by atoms with Gasteiger partial charge in [-0.05, 0) is 17.5 Å². The lowest BCUT2D eigenvalue weighted by Gasteiger charge is -2.09. The first kappa shape index (κ1) is 9.95. The van der Waals surface area contributed by atoms with E-state index in [9.17, 15) is 4.79 Å². The zero-order valence-electron chi connectivity index (χ0n) is 7.56. The van der Waals surface area contributed by atoms with E-state index >= 15 is 0 Å². The lowest BCUT2D eigenvalue weighted by molar-refractivity contribution is -0.162. The molecule has 1 amide bonds. The lowest BCUT2D eigenvalue weighted by Crippen LogP contribution is -2.22. The Bertz CT molecular complexity index is 293. The van der Waals surface area contributed by atoms with Gasteiger partial charge in [-0.2, -0.15) is 0 Å². The standard InChI is InChI=1S/C9H11NO2S/c1-10(12-2)9(11)6-5-8-4-3-7-13-8/h3-7H,1-2H3/b6-5+. The molecule has 0 saturated heterocycles. The summed E-state index contributed by atoms with van der Waals surface area (Å²) < 4.78 is 0. The van der Waals surface area contributed by atoms with Crippen LogP contribution in [0.15, 0.2) is 23.6 Å². The number of amides is 1. The largest absolute Gasteiger partial charge is 0.274 e. The van der Waals surface area contributed by atoms with Gasteiger partial charge in [0, 0.05) is 18.0 Å². The van der Waals surface area contributed by atoms with Gasteiger partial charge in [0.1, 0.15) is 0 Å². The number of hydrogen-bond donors (Lipinski definition) is 0. The molecule has 0 radical (unpaired) electrons. The van der Waals surface area contributed by atoms with Crippen molar-refractivity contribution in [1.29, 1.82) is 0 Å². The van der Waals surface area contributed by atoms with E-state index in [0.717, 1.165) is 4.88 Å². The van der Waals surface area contributed by atoms with Gasteiger partial charge in [-0.25, -0.2) is 5.06 Å². The van der Waals surface area contributed by atoms with Crippen molar-refractivity contribution >= 4 is 23.3 Å². The van der Waals surface area contributed by atoms with E-state index in [4.69, 9.17) is 4.84 Å². The minimum atomic E-state index is -0.170. The molecule has 13 heavy (non-hydrogen) atoms. The topological polar surface area (TPSA) is 29.5 Å². The third-order valence-electron chi connectivity index (χ3n) is 1.52. The molecule has 0 aliphatic carbocycles. The molecule has 1 aromatic heterocycles. The van der Waals surface area contributed by atoms with E-state index in [1.165, 1.54) is 18.2 Å². The van der Waals surface area contributed by atoms with Crippen molar-refractivity contribution in [3.05, 3.63) is 28.5 Å². The predicted molar refractivity (Wildman–Crippen MR) is 53.1 cm³/mol. The molecular formula is C9H11NO2S. The molecule has 0 bridgehead atoms. The van der Waals surface area contributed by atoms with Crippen LogP contribution in [0.5, 0.6) is 0 Å². The molecule has 0 spiro atoms. The molecule has 1 heterocycles. The average molecular weight is 197 g/mol. The fraction of sp³-hybridized carbons (Fsp3) is 0.222. The zero-order valence-corrected chi connectivity index (χ0v) is 8.38. The van der Waals surface area contributed by atoms with E-state index in [-0.39, 0.29) is 5.91 Å². The monoisotopic (exact) mass is 197 g/mol. The van der Waals surface area contributed by atoms with Crippen LogP contribution in [-0.2, 0) is 9.63 Å². The predicted octanol–water partition coefficient (Wildman–Crippen LogP) is 1.78. The van der Waals surface area contributed by atoms with Gasteiger partial charge in [0.2, 0.25) is 0 Å². The molecule has 0 unspecified atom stereocenters. The third kappa shape index (κ3) is 3.01. The molecule has 0 N–H and O–H groups in total. The molecule has 0 aliphatic rings. The van der Waals surface area contributed by atoms with Crippen LogP contribution in [0.2, 0.25) is 0 Å². The highest BCUT2D eigenvalue weighted by Crippen LogP contribution is 2.10. The molecule has 3 nitrogen and oxygen atoms in total. The average Bonchev–Trinajstić information content (AvgIpc) is 2.65. The first-order valence-corrected chi connectivity index (χ1v) is 4.65. The normalized spacial score (nSPS) is 10.6. The van der Waals surface area contributed by atoms with Crippen LogP contribution in [0.3, 0.4) is 0 Å². The zero-order chi connectivity index (χ0) is 9.68. The molecule has 0 atom stereocenters. The Morgan fingerprint density at radius 1 is 1.69 bits per heavy atom. The van der Waals surface area contributed by atoms with E-state index < -0.39 is 0 Å². The van der Waals surface area contributed by atoms with Crippen molar-refractivity contribution in [3.8, 4) is 0 Å². The lowest BCUT2D eigenvalue weighted by atomic mass is 10.4. The summed E-state index contributed by atoms with van der Waals surface area (Å²) in [5, 5.41) is 3.13. The minimum Gasteiger partial charge on any atom is -0.274 e. The second-order valence-electron chi connectivity index (χ2n) is 2.37. The number of rotatable bonds is 3. The van der Waals surface area contributed by atoms with E-state index in [1.54, 1.807) is 24.5 Å². The summed E-state index contributed by atoms with van der Waals surface area (Å²) in [5.74, 6) is -0.170. The minimum absolute atomic E-state index is 0.170. The Morgan fingerprint density at radius 2 is 2.46 bits per heavy atom. The Labute approximate surface area is 81.2 Å². The van der Waals surface area contributed by atoms with Gasteiger partial charge in [-0.1, -0.05) is 6.07 Å². The van der Waals surface area contributed by atoms with Gasteiger partial charge in [0.25, 0.3) is 5.91 Å². The maximum Gasteiger partial charge on any atom is 0.269 e. The highest BCUT2D eigenvalue weighted by atomic mass is 32.1. The van der Waals surface area contributed by atoms with Gasteiger partial charge in [0.15, 0.2) is 0 Å². The highest BCUT2D eigenvalue weighted by molar-refractivity contribution is 7.10. The second-order valence-corrected chi connectivity index (χ2v) is 3.35. The van der Waals surface area contributed by atoms with Crippen molar-refractivity contribution < 1.29 is 9.63 Å². The number of thiophene rings is 1. The van der Waals surface area contributed by atoms with Crippen LogP contribution < -0.4 is 0 Å². The summed E-state index contributed by atoms with van der Waals surface area (Å²) in [7, 11) is 3.03. The molecule has 4 heteroatoms. The van der Waals surface area contributed by atoms with Crippen molar-refractivity contribution in [2.75, 3.05) is 14.2 Å². The van der Waals surface area contributed by atoms with E-state index in [2.05, 4.69) is 0 Å². The number of likely N-dealkylation sites (N-methyl/N-ethyl adjacent to an activating group) is 1. The molecule has 0 aromatic carbocycles. The summed E-state index contributed by atoms with van der Waals surface area (Å²) in [4.78, 5) is 17.0. The van der Waals surface area contributed by atoms with Gasteiger partial charge in [-0.15, -0.1) is 11.3 Å². The Balaban J connectivity index is 2.54. The molecule has 1 rings (SSSR count). The quantitative estimate of drug-likeness (QED) is 0.546. The van der Waals surface area contributed by atoms with Gasteiger partial charge >= 0.3 is 0 Å². The highest BCUT2D eigenvalue weighted by Gasteiger charge is 2.01. The van der Waals surface area contributed by atoms with Gasteiger partial charge in [0.05, 0.1) is 7.11 Å². The summed E-state index contributed by atoms with van der Waals surface area (Å²) in [6.45, 7) is 0. The number of hydrogen-bond acceptors (Lipinski definition) is 3. The van der Waals surface area contributed by atoms with Crippen LogP contribution in [0, 0.1) is 0 Å². The van der Waals surface area contributed by atoms with Crippen LogP contribution in [-0.4, -0.2) is 25.1 Å². The molecule has 70 valence electrons. The first-order valence-electron chi connectivity index (χ1n) is 3.77. The Morgan fingerprint density at radius 3 is 3.00 bits per heavy atom. The number of nitrogens with zero attached hydrogens (tertiary/aromatic N) is 1. The van der Waals surface area contributed by atoms with Crippen molar-refractivity contribution in [2.24, 2.45) is 0 Å². The van der Waals surface area contributed by atoms with Crippen LogP contribution in [0.1, 0.15) is 4.88 Å². The molecular weight excluding hydrogens is 186 g/mol. The number of carbonyl (C=O) groups excluding carboxylic acids is 1. The first-order chi connectivity index (χ1) is 6.24. The Kier molecular flexibility index (Phi) is 3.67. The number of carbonyl (C=O) groups is 1. The number of hydroxylamine groups is 2. The molecule has 1 aromatic rings. The van der Waals surface area contributed by atoms with E-state index in [1.807, 2.05) is 17.5 Å². The fourth-order valence-electron chi connectivity index (χ4n) is 0.734. The third-order valence-corrected chi connectivity index (χ3v) is 2.36. The maximum absolute atomic E-state index is 11.2. The van der Waals surface area contributed by atoms with Crippen LogP contribution in [0.4, 0.5) is 0 Å². The van der Waals surface area contributed by atoms with E-state index in [0.29, 0.717) is 0 Å². The van der Waals surface area contributed by atoms with Crippen LogP contribution >= 0.6 is 11.3 Å². The van der Waals surface area contributed by atoms with Gasteiger partial charge in [-0.3, -0.25) is 9.63 Å². The summed E-state index contributed by atoms with van der Waals surface area (Å²) >= 11 is 1.59. The van der Waals surface area contributed by atoms with Crippen molar-refractivity contribution in [2.45, 2.75) is 0 Å². The van der Waals surface area contributed by atoms with Crippen molar-refractivity contribution in [1.82, 2.24) is 5.06 Å². The van der Waals surface area contributed by atoms with Gasteiger partial charge < -0.3 is 0 Å². The summed E-state index contributed by atoms with van der Waals surface area (Å²) in [6.07, 6.45) is 3.25. The second kappa shape index (κ2) is 4.79. The summed E-state index contributed by atoms with van der Waals surface area (Å²) in [5.41, 5.74) is 0. The maximum atomic E-state index is 11.2. The summed E-state index contributed by atoms with van der Waals surface area (Å²) in [6, 6.07) is 3.89. The van der Waals surface area contributed by atoms with Crippen LogP contribution in [0.25, 0.3) is 6.08 Å². The smallest absolute Gasteiger partial charge is 0.269 e. The fourth-order valence-corrected chi connectivity index (χ4v) is 1.35. The van der Waals surface area contributed by atoms with Crippen molar-refractivity contribution in [3.63, 3.8) is 0 Å². The molecule has 0 saturated carbocycles. The molecule has 0 aliphatic heterocycles. The SMILES string of the molecule is CON(C)C(=O)/C=C/c1cccs1.